The molecule has 11 nitrogen and oxygen atoms in total. The van der Waals surface area contributed by atoms with E-state index in [2.05, 4.69) is 15.0 Å². The average Bonchev–Trinajstić information content (AvgIpc) is 3.37. The van der Waals surface area contributed by atoms with Crippen LogP contribution >= 0.6 is 11.3 Å². The molecule has 0 saturated heterocycles. The van der Waals surface area contributed by atoms with Crippen LogP contribution in [0.4, 0.5) is 18.9 Å². The second kappa shape index (κ2) is 12.1. The van der Waals surface area contributed by atoms with Gasteiger partial charge in [0.15, 0.2) is 5.96 Å². The first-order valence-electron chi connectivity index (χ1n) is 10.7. The number of guanidine groups is 1. The van der Waals surface area contributed by atoms with Crippen molar-refractivity contribution in [2.75, 3.05) is 6.54 Å². The van der Waals surface area contributed by atoms with E-state index >= 15 is 0 Å². The molecule has 3 aromatic rings. The number of nitrogens with zero attached hydrogens (tertiary/aromatic N) is 1. The number of halogens is 3. The molecule has 0 aliphatic heterocycles. The number of carbonyl (C=O) groups excluding carboxylic acids is 3. The Hall–Kier alpha value is -4.28. The summed E-state index contributed by atoms with van der Waals surface area (Å²) < 4.78 is 68.6. The maximum Gasteiger partial charge on any atom is 0.491 e. The summed E-state index contributed by atoms with van der Waals surface area (Å²) in [6.07, 6.45) is -5.50. The predicted octanol–water partition coefficient (Wildman–Crippen LogP) is 2.03. The number of thiophene rings is 1. The number of hydrogen-bond acceptors (Lipinski definition) is 8. The number of nitrogens with one attached hydrogen (secondary N) is 2. The fourth-order valence-electron chi connectivity index (χ4n) is 2.99. The van der Waals surface area contributed by atoms with E-state index in [4.69, 9.17) is 11.5 Å². The monoisotopic (exact) mass is 583 g/mol. The second-order valence-corrected chi connectivity index (χ2v) is 10.4. The minimum absolute atomic E-state index is 0.117. The van der Waals surface area contributed by atoms with Crippen LogP contribution in [0.2, 0.25) is 0 Å². The zero-order valence-corrected chi connectivity index (χ0v) is 21.3. The number of hydrogen-bond donors (Lipinski definition) is 4. The van der Waals surface area contributed by atoms with Gasteiger partial charge in [-0.25, -0.2) is 23.0 Å². The van der Waals surface area contributed by atoms with Crippen LogP contribution in [0.5, 0.6) is 0 Å². The van der Waals surface area contributed by atoms with E-state index in [9.17, 15) is 36.0 Å². The molecule has 0 radical (unpaired) electrons. The molecule has 2 aromatic carbocycles. The lowest BCUT2D eigenvalue weighted by Gasteiger charge is -2.18. The van der Waals surface area contributed by atoms with Gasteiger partial charge in [0.1, 0.15) is 6.04 Å². The van der Waals surface area contributed by atoms with E-state index in [-0.39, 0.29) is 15.7 Å². The first-order valence-corrected chi connectivity index (χ1v) is 13.0. The number of sulfonamides is 1. The highest BCUT2D eigenvalue weighted by Gasteiger charge is 2.44. The summed E-state index contributed by atoms with van der Waals surface area (Å²) >= 11 is 1.04. The Balaban J connectivity index is 1.75. The van der Waals surface area contributed by atoms with Crippen molar-refractivity contribution >= 4 is 50.9 Å². The minimum Gasteiger partial charge on any atom is -0.385 e. The summed E-state index contributed by atoms with van der Waals surface area (Å²) in [4.78, 5) is 40.5. The van der Waals surface area contributed by atoms with Crippen LogP contribution in [0, 0.1) is 0 Å². The molecule has 206 valence electrons. The third-order valence-electron chi connectivity index (χ3n) is 4.77. The Kier molecular flexibility index (Phi) is 9.05. The summed E-state index contributed by atoms with van der Waals surface area (Å²) in [5.41, 5.74) is 11.9. The van der Waals surface area contributed by atoms with Gasteiger partial charge in [0.2, 0.25) is 10.0 Å². The van der Waals surface area contributed by atoms with Crippen molar-refractivity contribution in [3.8, 4) is 10.4 Å². The van der Waals surface area contributed by atoms with Crippen LogP contribution in [-0.2, 0) is 24.3 Å². The first-order chi connectivity index (χ1) is 18.3. The number of nitrogens with two attached hydrogens (primary N) is 2. The Morgan fingerprint density at radius 1 is 0.974 bits per heavy atom. The number of aliphatic imine (C=N–C) groups is 1. The number of esters is 2. The second-order valence-electron chi connectivity index (χ2n) is 7.65. The molecule has 1 unspecified atom stereocenters. The van der Waals surface area contributed by atoms with Crippen molar-refractivity contribution in [2.45, 2.75) is 17.1 Å². The summed E-state index contributed by atoms with van der Waals surface area (Å²) in [5, 5.41) is 2.27. The molecule has 1 amide bonds. The molecule has 1 atom stereocenters. The standard InChI is InChI=1S/C23H20F3N5O6S2/c24-23(25,26)21(34)37-20(33)16(31-39(35,36)15-4-2-1-3-5-15)12-29-19(32)18-11-10-17(38-18)13-6-8-14(9-7-13)30-22(27)28/h1-11,16,31H,12H2,(H,29,32)(H4,27,28,30). The Labute approximate surface area is 223 Å². The highest BCUT2D eigenvalue weighted by atomic mass is 32.2. The molecule has 0 saturated carbocycles. The molecule has 16 heteroatoms. The molecular formula is C23H20F3N5O6S2. The molecule has 0 bridgehead atoms. The van der Waals surface area contributed by atoms with E-state index in [1.165, 1.54) is 36.4 Å². The Morgan fingerprint density at radius 3 is 2.21 bits per heavy atom. The Bertz CT molecular complexity index is 1490. The summed E-state index contributed by atoms with van der Waals surface area (Å²) in [6.45, 7) is -0.824. The van der Waals surface area contributed by atoms with Crippen molar-refractivity contribution in [3.05, 3.63) is 71.6 Å². The zero-order valence-electron chi connectivity index (χ0n) is 19.6. The lowest BCUT2D eigenvalue weighted by molar-refractivity contribution is -0.202. The number of amides is 1. The van der Waals surface area contributed by atoms with Crippen LogP contribution in [-0.4, -0.2) is 51.0 Å². The third kappa shape index (κ3) is 8.10. The lowest BCUT2D eigenvalue weighted by atomic mass is 10.2. The van der Waals surface area contributed by atoms with Crippen LogP contribution in [0.15, 0.2) is 76.6 Å². The molecular weight excluding hydrogens is 563 g/mol. The van der Waals surface area contributed by atoms with Crippen LogP contribution in [0.25, 0.3) is 10.4 Å². The van der Waals surface area contributed by atoms with E-state index in [1.807, 2.05) is 4.72 Å². The van der Waals surface area contributed by atoms with E-state index in [0.717, 1.165) is 16.9 Å². The van der Waals surface area contributed by atoms with Gasteiger partial charge in [-0.1, -0.05) is 30.3 Å². The summed E-state index contributed by atoms with van der Waals surface area (Å²) in [5.74, 6) is -5.57. The van der Waals surface area contributed by atoms with Gasteiger partial charge in [-0.2, -0.15) is 17.9 Å². The quantitative estimate of drug-likeness (QED) is 0.128. The maximum absolute atomic E-state index is 12.7. The van der Waals surface area contributed by atoms with Crippen LogP contribution in [0.1, 0.15) is 9.67 Å². The van der Waals surface area contributed by atoms with Crippen LogP contribution in [0.3, 0.4) is 0 Å². The molecule has 0 spiro atoms. The van der Waals surface area contributed by atoms with Crippen molar-refractivity contribution in [1.29, 1.82) is 0 Å². The molecule has 0 aliphatic carbocycles. The maximum atomic E-state index is 12.7. The highest BCUT2D eigenvalue weighted by Crippen LogP contribution is 2.29. The third-order valence-corrected chi connectivity index (χ3v) is 7.39. The fraction of sp³-hybridized carbons (Fsp3) is 0.130. The smallest absolute Gasteiger partial charge is 0.385 e. The molecule has 6 N–H and O–H groups in total. The minimum atomic E-state index is -5.50. The number of benzene rings is 2. The van der Waals surface area contributed by atoms with E-state index in [0.29, 0.717) is 10.6 Å². The van der Waals surface area contributed by atoms with Crippen molar-refractivity contribution in [1.82, 2.24) is 10.0 Å². The number of carbonyl (C=O) groups is 3. The van der Waals surface area contributed by atoms with Crippen molar-refractivity contribution in [2.24, 2.45) is 16.5 Å². The fourth-order valence-corrected chi connectivity index (χ4v) is 5.13. The summed E-state index contributed by atoms with van der Waals surface area (Å²) in [6, 6.07) is 14.3. The number of ether oxygens (including phenoxy) is 1. The molecule has 0 fully saturated rings. The van der Waals surface area contributed by atoms with Crippen molar-refractivity contribution in [3.63, 3.8) is 0 Å². The predicted molar refractivity (Wildman–Crippen MR) is 135 cm³/mol. The van der Waals surface area contributed by atoms with Gasteiger partial charge in [-0.05, 0) is 42.0 Å². The lowest BCUT2D eigenvalue weighted by Crippen LogP contribution is -2.50. The van der Waals surface area contributed by atoms with Gasteiger partial charge in [0.05, 0.1) is 15.5 Å². The van der Waals surface area contributed by atoms with E-state index in [1.54, 1.807) is 30.3 Å². The number of rotatable bonds is 9. The summed E-state index contributed by atoms with van der Waals surface area (Å²) in [7, 11) is -4.45. The van der Waals surface area contributed by atoms with Gasteiger partial charge in [0.25, 0.3) is 5.91 Å². The molecule has 0 aliphatic rings. The van der Waals surface area contributed by atoms with E-state index < -0.39 is 46.6 Å². The van der Waals surface area contributed by atoms with Crippen LogP contribution < -0.4 is 21.5 Å². The topological polar surface area (TPSA) is 183 Å². The highest BCUT2D eigenvalue weighted by molar-refractivity contribution is 7.89. The molecule has 39 heavy (non-hydrogen) atoms. The van der Waals surface area contributed by atoms with Gasteiger partial charge in [-0.3, -0.25) is 4.79 Å². The van der Waals surface area contributed by atoms with Gasteiger partial charge < -0.3 is 21.5 Å². The average molecular weight is 584 g/mol. The molecule has 3 rings (SSSR count). The zero-order chi connectivity index (χ0) is 28.8. The molecule has 1 heterocycles. The van der Waals surface area contributed by atoms with Gasteiger partial charge in [-0.15, -0.1) is 11.3 Å². The Morgan fingerprint density at radius 2 is 1.62 bits per heavy atom. The normalized spacial score (nSPS) is 12.3. The van der Waals surface area contributed by atoms with Crippen molar-refractivity contribution < 1.29 is 40.7 Å². The first kappa shape index (κ1) is 29.3. The van der Waals surface area contributed by atoms with Gasteiger partial charge >= 0.3 is 18.1 Å². The molecule has 1 aromatic heterocycles. The largest absolute Gasteiger partial charge is 0.491 e. The van der Waals surface area contributed by atoms with Gasteiger partial charge in [0, 0.05) is 11.4 Å². The SMILES string of the molecule is NC(N)=Nc1ccc(-c2ccc(C(=O)NCC(NS(=O)(=O)c3ccccc3)C(=O)OC(=O)C(F)(F)F)s2)cc1. The number of alkyl halides is 3.